The molecule has 0 amide bonds. The van der Waals surface area contributed by atoms with Gasteiger partial charge in [0.05, 0.1) is 22.6 Å². The Morgan fingerprint density at radius 3 is 2.67 bits per heavy atom. The average molecular weight is 283 g/mol. The minimum atomic E-state index is -1.06. The molecule has 3 rings (SSSR count). The molecular formula is C15H13N3O3. The van der Waals surface area contributed by atoms with Gasteiger partial charge in [-0.05, 0) is 36.8 Å². The fourth-order valence-electron chi connectivity index (χ4n) is 2.50. The molecule has 0 aliphatic heterocycles. The fraction of sp³-hybridized carbons (Fsp3) is 0.133. The highest BCUT2D eigenvalue weighted by Gasteiger charge is 2.18. The van der Waals surface area contributed by atoms with Crippen molar-refractivity contribution in [1.29, 1.82) is 0 Å². The molecule has 6 nitrogen and oxygen atoms in total. The number of fused-ring (bicyclic) bond motifs is 1. The van der Waals surface area contributed by atoms with E-state index in [1.54, 1.807) is 29.1 Å². The largest absolute Gasteiger partial charge is 0.478 e. The number of hydrogen-bond donors (Lipinski definition) is 2. The van der Waals surface area contributed by atoms with Crippen molar-refractivity contribution in [3.8, 4) is 0 Å². The fourth-order valence-corrected chi connectivity index (χ4v) is 2.50. The number of carboxylic acids is 1. The highest BCUT2D eigenvalue weighted by molar-refractivity contribution is 6.00. The Morgan fingerprint density at radius 1 is 1.29 bits per heavy atom. The summed E-state index contributed by atoms with van der Waals surface area (Å²) in [5.41, 5.74) is 1.60. The van der Waals surface area contributed by atoms with E-state index in [1.165, 1.54) is 6.07 Å². The van der Waals surface area contributed by atoms with Crippen LogP contribution in [-0.4, -0.2) is 25.6 Å². The molecule has 2 aromatic heterocycles. The molecule has 0 saturated carbocycles. The second-order valence-corrected chi connectivity index (χ2v) is 4.76. The number of rotatable bonds is 3. The van der Waals surface area contributed by atoms with E-state index < -0.39 is 5.97 Å². The van der Waals surface area contributed by atoms with E-state index in [4.69, 9.17) is 0 Å². The van der Waals surface area contributed by atoms with Crippen molar-refractivity contribution < 1.29 is 9.90 Å². The van der Waals surface area contributed by atoms with E-state index in [0.29, 0.717) is 11.0 Å². The zero-order valence-corrected chi connectivity index (χ0v) is 11.3. The summed E-state index contributed by atoms with van der Waals surface area (Å²) in [5.74, 6) is -1.06. The molecule has 0 aliphatic carbocycles. The van der Waals surface area contributed by atoms with Crippen molar-refractivity contribution >= 4 is 17.0 Å². The summed E-state index contributed by atoms with van der Waals surface area (Å²) in [4.78, 5) is 30.1. The monoisotopic (exact) mass is 283 g/mol. The molecule has 0 radical (unpaired) electrons. The van der Waals surface area contributed by atoms with Gasteiger partial charge in [-0.1, -0.05) is 6.07 Å². The number of carbonyl (C=O) groups is 1. The second-order valence-electron chi connectivity index (χ2n) is 4.76. The van der Waals surface area contributed by atoms with Gasteiger partial charge < -0.3 is 10.1 Å². The first-order valence-electron chi connectivity index (χ1n) is 6.46. The third kappa shape index (κ3) is 2.10. The van der Waals surface area contributed by atoms with Gasteiger partial charge in [0, 0.05) is 12.4 Å². The molecule has 21 heavy (non-hydrogen) atoms. The second kappa shape index (κ2) is 4.90. The summed E-state index contributed by atoms with van der Waals surface area (Å²) in [6.45, 7) is 1.89. The minimum absolute atomic E-state index is 0.0882. The van der Waals surface area contributed by atoms with Crippen molar-refractivity contribution in [2.24, 2.45) is 0 Å². The number of nitrogens with zero attached hydrogens (tertiary/aromatic N) is 2. The number of aromatic carboxylic acids is 1. The van der Waals surface area contributed by atoms with Crippen molar-refractivity contribution in [1.82, 2.24) is 14.5 Å². The Bertz CT molecular complexity index is 865. The van der Waals surface area contributed by atoms with Gasteiger partial charge in [-0.25, -0.2) is 9.59 Å². The molecule has 1 aromatic carbocycles. The van der Waals surface area contributed by atoms with E-state index in [0.717, 1.165) is 5.56 Å². The van der Waals surface area contributed by atoms with Crippen LogP contribution in [0.4, 0.5) is 0 Å². The number of para-hydroxylation sites is 1. The number of aromatic nitrogens is 3. The van der Waals surface area contributed by atoms with Crippen LogP contribution in [0.5, 0.6) is 0 Å². The van der Waals surface area contributed by atoms with Crippen LogP contribution in [0.25, 0.3) is 11.0 Å². The highest BCUT2D eigenvalue weighted by atomic mass is 16.4. The normalized spacial score (nSPS) is 12.4. The Balaban J connectivity index is 2.25. The van der Waals surface area contributed by atoms with E-state index in [9.17, 15) is 14.7 Å². The maximum absolute atomic E-state index is 12.2. The van der Waals surface area contributed by atoms with Crippen LogP contribution in [0, 0.1) is 0 Å². The predicted molar refractivity (Wildman–Crippen MR) is 77.6 cm³/mol. The van der Waals surface area contributed by atoms with Gasteiger partial charge in [-0.15, -0.1) is 0 Å². The number of hydrogen-bond acceptors (Lipinski definition) is 3. The number of imidazole rings is 1. The first-order valence-corrected chi connectivity index (χ1v) is 6.46. The summed E-state index contributed by atoms with van der Waals surface area (Å²) >= 11 is 0. The molecule has 0 spiro atoms. The molecule has 1 atom stereocenters. The maximum Gasteiger partial charge on any atom is 0.337 e. The molecule has 0 saturated heterocycles. The van der Waals surface area contributed by atoms with Gasteiger partial charge >= 0.3 is 11.7 Å². The number of nitrogens with one attached hydrogen (secondary N) is 1. The molecule has 2 heterocycles. The lowest BCUT2D eigenvalue weighted by molar-refractivity contribution is 0.0699. The molecular weight excluding hydrogens is 270 g/mol. The van der Waals surface area contributed by atoms with Gasteiger partial charge in [0.1, 0.15) is 0 Å². The predicted octanol–water partition coefficient (Wildman–Crippen LogP) is 2.03. The van der Waals surface area contributed by atoms with Crippen molar-refractivity contribution in [3.63, 3.8) is 0 Å². The molecule has 1 unspecified atom stereocenters. The van der Waals surface area contributed by atoms with Gasteiger partial charge in [0.15, 0.2) is 0 Å². The first kappa shape index (κ1) is 13.1. The zero-order chi connectivity index (χ0) is 15.0. The standard InChI is InChI=1S/C15H13N3O3/c1-9(10-5-7-16-8-6-10)18-12-4-2-3-11(14(19)20)13(12)17-15(18)21/h2-9H,1H3,(H,17,21)(H,19,20). The summed E-state index contributed by atoms with van der Waals surface area (Å²) in [6, 6.07) is 8.28. The average Bonchev–Trinajstić information content (AvgIpc) is 2.82. The molecule has 6 heteroatoms. The smallest absolute Gasteiger partial charge is 0.337 e. The topological polar surface area (TPSA) is 88.0 Å². The Labute approximate surface area is 119 Å². The quantitative estimate of drug-likeness (QED) is 0.769. The third-order valence-corrected chi connectivity index (χ3v) is 3.56. The minimum Gasteiger partial charge on any atom is -0.478 e. The summed E-state index contributed by atoms with van der Waals surface area (Å²) < 4.78 is 1.55. The lowest BCUT2D eigenvalue weighted by atomic mass is 10.1. The molecule has 0 fully saturated rings. The lowest BCUT2D eigenvalue weighted by Gasteiger charge is -2.13. The third-order valence-electron chi connectivity index (χ3n) is 3.56. The van der Waals surface area contributed by atoms with Gasteiger partial charge in [-0.2, -0.15) is 0 Å². The van der Waals surface area contributed by atoms with Crippen LogP contribution in [0.2, 0.25) is 0 Å². The highest BCUT2D eigenvalue weighted by Crippen LogP contribution is 2.22. The number of pyridine rings is 1. The molecule has 3 aromatic rings. The van der Waals surface area contributed by atoms with Crippen LogP contribution in [0.1, 0.15) is 28.9 Å². The molecule has 0 aliphatic rings. The Morgan fingerprint density at radius 2 is 2.00 bits per heavy atom. The number of aromatic amines is 1. The molecule has 2 N–H and O–H groups in total. The first-order chi connectivity index (χ1) is 10.1. The van der Waals surface area contributed by atoms with E-state index in [1.807, 2.05) is 19.1 Å². The zero-order valence-electron chi connectivity index (χ0n) is 11.3. The van der Waals surface area contributed by atoms with Crippen LogP contribution in [0.15, 0.2) is 47.5 Å². The van der Waals surface area contributed by atoms with E-state index in [-0.39, 0.29) is 17.3 Å². The van der Waals surface area contributed by atoms with Crippen LogP contribution < -0.4 is 5.69 Å². The van der Waals surface area contributed by atoms with Crippen LogP contribution in [0.3, 0.4) is 0 Å². The number of benzene rings is 1. The Hall–Kier alpha value is -2.89. The van der Waals surface area contributed by atoms with Crippen molar-refractivity contribution in [3.05, 3.63) is 64.3 Å². The molecule has 106 valence electrons. The van der Waals surface area contributed by atoms with Crippen molar-refractivity contribution in [2.45, 2.75) is 13.0 Å². The summed E-state index contributed by atoms with van der Waals surface area (Å²) in [5, 5.41) is 9.20. The number of H-pyrrole nitrogens is 1. The summed E-state index contributed by atoms with van der Waals surface area (Å²) in [6.07, 6.45) is 3.32. The summed E-state index contributed by atoms with van der Waals surface area (Å²) in [7, 11) is 0. The Kier molecular flexibility index (Phi) is 3.06. The number of carboxylic acid groups (broad SMARTS) is 1. The van der Waals surface area contributed by atoms with Crippen LogP contribution >= 0.6 is 0 Å². The van der Waals surface area contributed by atoms with Gasteiger partial charge in [0.25, 0.3) is 0 Å². The van der Waals surface area contributed by atoms with E-state index >= 15 is 0 Å². The SMILES string of the molecule is CC(c1ccncc1)n1c(=O)[nH]c2c(C(=O)O)cccc21. The van der Waals surface area contributed by atoms with Gasteiger partial charge in [0.2, 0.25) is 0 Å². The molecule has 0 bridgehead atoms. The van der Waals surface area contributed by atoms with Gasteiger partial charge in [-0.3, -0.25) is 9.55 Å². The van der Waals surface area contributed by atoms with Crippen LogP contribution in [-0.2, 0) is 0 Å². The van der Waals surface area contributed by atoms with E-state index in [2.05, 4.69) is 9.97 Å². The maximum atomic E-state index is 12.2. The lowest BCUT2D eigenvalue weighted by Crippen LogP contribution is -2.21. The van der Waals surface area contributed by atoms with Crippen molar-refractivity contribution in [2.75, 3.05) is 0 Å².